The van der Waals surface area contributed by atoms with E-state index in [9.17, 15) is 8.42 Å². The van der Waals surface area contributed by atoms with Gasteiger partial charge in [-0.1, -0.05) is 12.1 Å². The zero-order valence-corrected chi connectivity index (χ0v) is 11.8. The Morgan fingerprint density at radius 3 is 2.58 bits per heavy atom. The first-order valence-electron chi connectivity index (χ1n) is 5.94. The predicted octanol–water partition coefficient (Wildman–Crippen LogP) is 0.986. The molecule has 2 rings (SSSR count). The molecule has 19 heavy (non-hydrogen) atoms. The van der Waals surface area contributed by atoms with Gasteiger partial charge in [-0.25, -0.2) is 13.6 Å². The van der Waals surface area contributed by atoms with Crippen LogP contribution in [0.1, 0.15) is 5.69 Å². The number of nitrogens with two attached hydrogens (primary N) is 1. The van der Waals surface area contributed by atoms with Gasteiger partial charge in [-0.15, -0.1) is 0 Å². The monoisotopic (exact) mass is 279 g/mol. The Kier molecular flexibility index (Phi) is 3.84. The van der Waals surface area contributed by atoms with Crippen molar-refractivity contribution in [2.45, 2.75) is 11.3 Å². The van der Waals surface area contributed by atoms with Crippen LogP contribution in [0.5, 0.6) is 0 Å². The van der Waals surface area contributed by atoms with E-state index in [1.54, 1.807) is 18.3 Å². The summed E-state index contributed by atoms with van der Waals surface area (Å²) in [6, 6.07) is 6.78. The van der Waals surface area contributed by atoms with E-state index < -0.39 is 10.0 Å². The molecule has 0 radical (unpaired) electrons. The Labute approximate surface area is 113 Å². The maximum absolute atomic E-state index is 11.6. The summed E-state index contributed by atoms with van der Waals surface area (Å²) >= 11 is 0. The summed E-state index contributed by atoms with van der Waals surface area (Å²) in [5.74, 6) is 0. The zero-order chi connectivity index (χ0) is 14.0. The first kappa shape index (κ1) is 13.9. The van der Waals surface area contributed by atoms with Crippen molar-refractivity contribution >= 4 is 20.8 Å². The van der Waals surface area contributed by atoms with Crippen molar-refractivity contribution in [2.75, 3.05) is 20.6 Å². The number of likely N-dealkylation sites (N-methyl/N-ethyl adjacent to an activating group) is 1. The molecule has 6 heteroatoms. The topological polar surface area (TPSA) is 76.3 Å². The molecule has 1 aromatic carbocycles. The number of rotatable bonds is 4. The zero-order valence-electron chi connectivity index (χ0n) is 11.0. The van der Waals surface area contributed by atoms with Gasteiger partial charge in [-0.2, -0.15) is 0 Å². The molecule has 102 valence electrons. The highest BCUT2D eigenvalue weighted by molar-refractivity contribution is 7.89. The minimum atomic E-state index is -3.72. The van der Waals surface area contributed by atoms with Crippen molar-refractivity contribution in [3.63, 3.8) is 0 Å². The number of primary sulfonamides is 1. The molecule has 0 amide bonds. The Morgan fingerprint density at radius 1 is 1.21 bits per heavy atom. The average Bonchev–Trinajstić information content (AvgIpc) is 2.34. The van der Waals surface area contributed by atoms with E-state index >= 15 is 0 Å². The van der Waals surface area contributed by atoms with Gasteiger partial charge < -0.3 is 4.90 Å². The Balaban J connectivity index is 2.58. The standard InChI is InChI=1S/C13H17N3O2S/c1-16(2)9-7-12-10-4-3-5-13(19(14,17)18)11(10)6-8-15-12/h3-6,8H,7,9H2,1-2H3,(H2,14,17,18). The van der Waals surface area contributed by atoms with Gasteiger partial charge in [0, 0.05) is 35.6 Å². The third kappa shape index (κ3) is 3.09. The van der Waals surface area contributed by atoms with Gasteiger partial charge >= 0.3 is 0 Å². The first-order valence-corrected chi connectivity index (χ1v) is 7.48. The molecule has 0 unspecified atom stereocenters. The number of aromatic nitrogens is 1. The summed E-state index contributed by atoms with van der Waals surface area (Å²) in [6.07, 6.45) is 2.39. The molecule has 0 aliphatic heterocycles. The van der Waals surface area contributed by atoms with Crippen molar-refractivity contribution < 1.29 is 8.42 Å². The number of hydrogen-bond acceptors (Lipinski definition) is 4. The van der Waals surface area contributed by atoms with E-state index in [-0.39, 0.29) is 4.90 Å². The van der Waals surface area contributed by atoms with Crippen LogP contribution in [0.15, 0.2) is 35.4 Å². The van der Waals surface area contributed by atoms with E-state index in [1.165, 1.54) is 6.07 Å². The van der Waals surface area contributed by atoms with Gasteiger partial charge in [-0.3, -0.25) is 4.98 Å². The van der Waals surface area contributed by atoms with Crippen LogP contribution in [-0.4, -0.2) is 38.9 Å². The molecule has 5 nitrogen and oxygen atoms in total. The fraction of sp³-hybridized carbons (Fsp3) is 0.308. The van der Waals surface area contributed by atoms with Crippen LogP contribution >= 0.6 is 0 Å². The number of nitrogens with zero attached hydrogens (tertiary/aromatic N) is 2. The number of fused-ring (bicyclic) bond motifs is 1. The lowest BCUT2D eigenvalue weighted by Crippen LogP contribution is -2.16. The van der Waals surface area contributed by atoms with Gasteiger partial charge in [0.05, 0.1) is 4.90 Å². The molecule has 0 spiro atoms. The summed E-state index contributed by atoms with van der Waals surface area (Å²) in [6.45, 7) is 0.853. The molecule has 0 aliphatic rings. The molecule has 0 saturated carbocycles. The van der Waals surface area contributed by atoms with E-state index in [0.717, 1.165) is 24.0 Å². The molecule has 0 bridgehead atoms. The quantitative estimate of drug-likeness (QED) is 0.905. The maximum Gasteiger partial charge on any atom is 0.238 e. The highest BCUT2D eigenvalue weighted by Gasteiger charge is 2.13. The van der Waals surface area contributed by atoms with E-state index in [1.807, 2.05) is 20.2 Å². The van der Waals surface area contributed by atoms with Gasteiger partial charge in [0.25, 0.3) is 0 Å². The van der Waals surface area contributed by atoms with Crippen molar-refractivity contribution in [3.8, 4) is 0 Å². The molecule has 0 fully saturated rings. The molecular formula is C13H17N3O2S. The molecule has 1 aromatic heterocycles. The number of sulfonamides is 1. The number of pyridine rings is 1. The van der Waals surface area contributed by atoms with Gasteiger partial charge in [0.2, 0.25) is 10.0 Å². The molecule has 1 heterocycles. The average molecular weight is 279 g/mol. The second-order valence-corrected chi connectivity index (χ2v) is 6.24. The van der Waals surface area contributed by atoms with E-state index in [0.29, 0.717) is 5.39 Å². The summed E-state index contributed by atoms with van der Waals surface area (Å²) in [5, 5.41) is 6.72. The highest BCUT2D eigenvalue weighted by atomic mass is 32.2. The fourth-order valence-corrected chi connectivity index (χ4v) is 2.77. The van der Waals surface area contributed by atoms with Crippen molar-refractivity contribution in [3.05, 3.63) is 36.2 Å². The largest absolute Gasteiger partial charge is 0.309 e. The van der Waals surface area contributed by atoms with Gasteiger partial charge in [0.15, 0.2) is 0 Å². The van der Waals surface area contributed by atoms with Crippen molar-refractivity contribution in [1.82, 2.24) is 9.88 Å². The van der Waals surface area contributed by atoms with Gasteiger partial charge in [-0.05, 0) is 26.2 Å². The molecule has 0 aliphatic carbocycles. The Hall–Kier alpha value is -1.50. The number of benzene rings is 1. The maximum atomic E-state index is 11.6. The van der Waals surface area contributed by atoms with E-state index in [2.05, 4.69) is 9.88 Å². The van der Waals surface area contributed by atoms with Crippen LogP contribution in [0.4, 0.5) is 0 Å². The second-order valence-electron chi connectivity index (χ2n) is 4.71. The summed E-state index contributed by atoms with van der Waals surface area (Å²) in [7, 11) is 0.258. The minimum absolute atomic E-state index is 0.151. The van der Waals surface area contributed by atoms with E-state index in [4.69, 9.17) is 5.14 Å². The van der Waals surface area contributed by atoms with Gasteiger partial charge in [0.1, 0.15) is 0 Å². The lowest BCUT2D eigenvalue weighted by atomic mass is 10.1. The lowest BCUT2D eigenvalue weighted by molar-refractivity contribution is 0.412. The molecule has 0 atom stereocenters. The molecular weight excluding hydrogens is 262 g/mol. The summed E-state index contributed by atoms with van der Waals surface area (Å²) < 4.78 is 23.1. The highest BCUT2D eigenvalue weighted by Crippen LogP contribution is 2.24. The van der Waals surface area contributed by atoms with Crippen LogP contribution < -0.4 is 5.14 Å². The predicted molar refractivity (Wildman–Crippen MR) is 75.4 cm³/mol. The van der Waals surface area contributed by atoms with Crippen LogP contribution in [0.2, 0.25) is 0 Å². The Bertz CT molecular complexity index is 696. The molecule has 2 N–H and O–H groups in total. The smallest absolute Gasteiger partial charge is 0.238 e. The van der Waals surface area contributed by atoms with Crippen LogP contribution in [0.25, 0.3) is 10.8 Å². The lowest BCUT2D eigenvalue weighted by Gasteiger charge is -2.11. The fourth-order valence-electron chi connectivity index (χ4n) is 2.02. The second kappa shape index (κ2) is 5.24. The van der Waals surface area contributed by atoms with Crippen molar-refractivity contribution in [1.29, 1.82) is 0 Å². The van der Waals surface area contributed by atoms with Crippen LogP contribution in [0, 0.1) is 0 Å². The summed E-state index contributed by atoms with van der Waals surface area (Å²) in [5.41, 5.74) is 0.886. The number of hydrogen-bond donors (Lipinski definition) is 1. The van der Waals surface area contributed by atoms with Crippen LogP contribution in [0.3, 0.4) is 0 Å². The Morgan fingerprint density at radius 2 is 1.95 bits per heavy atom. The molecule has 2 aromatic rings. The van der Waals surface area contributed by atoms with Crippen LogP contribution in [-0.2, 0) is 16.4 Å². The normalized spacial score (nSPS) is 12.2. The third-order valence-electron chi connectivity index (χ3n) is 2.95. The first-order chi connectivity index (χ1) is 8.89. The third-order valence-corrected chi connectivity index (χ3v) is 3.92. The summed E-state index contributed by atoms with van der Waals surface area (Å²) in [4.78, 5) is 6.55. The SMILES string of the molecule is CN(C)CCc1nccc2c(S(N)(=O)=O)cccc12. The molecule has 0 saturated heterocycles. The minimum Gasteiger partial charge on any atom is -0.309 e. The van der Waals surface area contributed by atoms with Crippen molar-refractivity contribution in [2.24, 2.45) is 5.14 Å².